The van der Waals surface area contributed by atoms with Gasteiger partial charge in [-0.3, -0.25) is 9.59 Å². The van der Waals surface area contributed by atoms with Crippen LogP contribution in [0.3, 0.4) is 0 Å². The van der Waals surface area contributed by atoms with Gasteiger partial charge in [-0.15, -0.1) is 0 Å². The zero-order valence-electron chi connectivity index (χ0n) is 16.3. The molecule has 6 heteroatoms. The Kier molecular flexibility index (Phi) is 6.44. The summed E-state index contributed by atoms with van der Waals surface area (Å²) in [5.41, 5.74) is 1.60. The highest BCUT2D eigenvalue weighted by Gasteiger charge is 2.25. The molecule has 0 radical (unpaired) electrons. The SMILES string of the molecule is COC(=O)C(C)CN(Cc1ccccc1)C(=O)c1ccc(-c2ccc(F)cc2)o1. The molecule has 0 fully saturated rings. The zero-order chi connectivity index (χ0) is 20.8. The predicted octanol–water partition coefficient (Wildman–Crippen LogP) is 4.54. The molecule has 0 bridgehead atoms. The third-order valence-electron chi connectivity index (χ3n) is 4.55. The van der Waals surface area contributed by atoms with E-state index >= 15 is 0 Å². The minimum absolute atomic E-state index is 0.150. The molecule has 3 aromatic rings. The first-order valence-corrected chi connectivity index (χ1v) is 9.24. The van der Waals surface area contributed by atoms with Gasteiger partial charge in [0.05, 0.1) is 13.0 Å². The van der Waals surface area contributed by atoms with Crippen LogP contribution in [0.4, 0.5) is 4.39 Å². The summed E-state index contributed by atoms with van der Waals surface area (Å²) in [5.74, 6) is -0.937. The van der Waals surface area contributed by atoms with E-state index in [9.17, 15) is 14.0 Å². The van der Waals surface area contributed by atoms with Gasteiger partial charge in [0.1, 0.15) is 11.6 Å². The summed E-state index contributed by atoms with van der Waals surface area (Å²) in [6, 6.07) is 18.6. The van der Waals surface area contributed by atoms with Crippen LogP contribution in [-0.2, 0) is 16.1 Å². The van der Waals surface area contributed by atoms with Crippen molar-refractivity contribution < 1.29 is 23.1 Å². The molecule has 1 amide bonds. The highest BCUT2D eigenvalue weighted by Crippen LogP contribution is 2.24. The third-order valence-corrected chi connectivity index (χ3v) is 4.55. The van der Waals surface area contributed by atoms with Gasteiger partial charge in [-0.1, -0.05) is 37.3 Å². The van der Waals surface area contributed by atoms with E-state index in [1.165, 1.54) is 19.2 Å². The Morgan fingerprint density at radius 2 is 1.72 bits per heavy atom. The molecule has 0 spiro atoms. The minimum Gasteiger partial charge on any atom is -0.469 e. The van der Waals surface area contributed by atoms with E-state index in [0.29, 0.717) is 17.9 Å². The molecule has 5 nitrogen and oxygen atoms in total. The Balaban J connectivity index is 1.83. The van der Waals surface area contributed by atoms with Crippen molar-refractivity contribution in [1.29, 1.82) is 0 Å². The third kappa shape index (κ3) is 5.10. The first-order chi connectivity index (χ1) is 14.0. The van der Waals surface area contributed by atoms with Gasteiger partial charge >= 0.3 is 5.97 Å². The van der Waals surface area contributed by atoms with Crippen molar-refractivity contribution in [3.63, 3.8) is 0 Å². The second-order valence-electron chi connectivity index (χ2n) is 6.77. The van der Waals surface area contributed by atoms with Crippen molar-refractivity contribution in [3.8, 4) is 11.3 Å². The number of rotatable bonds is 7. The van der Waals surface area contributed by atoms with Crippen LogP contribution in [0.5, 0.6) is 0 Å². The first kappa shape index (κ1) is 20.3. The number of hydrogen-bond acceptors (Lipinski definition) is 4. The lowest BCUT2D eigenvalue weighted by atomic mass is 10.1. The van der Waals surface area contributed by atoms with Gasteiger partial charge in [0, 0.05) is 18.7 Å². The largest absolute Gasteiger partial charge is 0.469 e. The van der Waals surface area contributed by atoms with E-state index in [0.717, 1.165) is 5.56 Å². The quantitative estimate of drug-likeness (QED) is 0.551. The van der Waals surface area contributed by atoms with E-state index < -0.39 is 5.92 Å². The van der Waals surface area contributed by atoms with E-state index in [1.54, 1.807) is 36.1 Å². The van der Waals surface area contributed by atoms with E-state index in [1.807, 2.05) is 30.3 Å². The summed E-state index contributed by atoms with van der Waals surface area (Å²) in [6.07, 6.45) is 0. The lowest BCUT2D eigenvalue weighted by molar-refractivity contribution is -0.145. The van der Waals surface area contributed by atoms with Crippen molar-refractivity contribution in [2.75, 3.05) is 13.7 Å². The van der Waals surface area contributed by atoms with Gasteiger partial charge in [0.25, 0.3) is 5.91 Å². The smallest absolute Gasteiger partial charge is 0.310 e. The number of hydrogen-bond donors (Lipinski definition) is 0. The Labute approximate surface area is 168 Å². The van der Waals surface area contributed by atoms with Gasteiger partial charge < -0.3 is 14.1 Å². The molecule has 1 atom stereocenters. The van der Waals surface area contributed by atoms with Crippen LogP contribution < -0.4 is 0 Å². The molecular formula is C23H22FNO4. The Morgan fingerprint density at radius 3 is 2.38 bits per heavy atom. The van der Waals surface area contributed by atoms with Crippen molar-refractivity contribution in [2.45, 2.75) is 13.5 Å². The summed E-state index contributed by atoms with van der Waals surface area (Å²) in [4.78, 5) is 26.5. The van der Waals surface area contributed by atoms with Crippen molar-refractivity contribution in [3.05, 3.63) is 83.9 Å². The number of furan rings is 1. The molecule has 1 aromatic heterocycles. The summed E-state index contributed by atoms with van der Waals surface area (Å²) < 4.78 is 23.7. The van der Waals surface area contributed by atoms with E-state index in [-0.39, 0.29) is 30.0 Å². The van der Waals surface area contributed by atoms with Gasteiger partial charge in [0.15, 0.2) is 5.76 Å². The lowest BCUT2D eigenvalue weighted by Crippen LogP contribution is -2.36. The number of halogens is 1. The van der Waals surface area contributed by atoms with Crippen molar-refractivity contribution in [1.82, 2.24) is 4.90 Å². The lowest BCUT2D eigenvalue weighted by Gasteiger charge is -2.24. The molecule has 1 heterocycles. The van der Waals surface area contributed by atoms with Gasteiger partial charge in [-0.25, -0.2) is 4.39 Å². The van der Waals surface area contributed by atoms with Gasteiger partial charge in [0.2, 0.25) is 0 Å². The molecule has 0 N–H and O–H groups in total. The van der Waals surface area contributed by atoms with Crippen LogP contribution in [0, 0.1) is 11.7 Å². The average Bonchev–Trinajstić information content (AvgIpc) is 3.23. The second kappa shape index (κ2) is 9.19. The number of amides is 1. The van der Waals surface area contributed by atoms with Crippen LogP contribution in [0.2, 0.25) is 0 Å². The van der Waals surface area contributed by atoms with Crippen LogP contribution >= 0.6 is 0 Å². The number of carbonyl (C=O) groups is 2. The van der Waals surface area contributed by atoms with E-state index in [4.69, 9.17) is 9.15 Å². The first-order valence-electron chi connectivity index (χ1n) is 9.24. The molecule has 0 aliphatic carbocycles. The zero-order valence-corrected chi connectivity index (χ0v) is 16.3. The van der Waals surface area contributed by atoms with Crippen LogP contribution in [0.1, 0.15) is 23.0 Å². The van der Waals surface area contributed by atoms with Crippen molar-refractivity contribution in [2.24, 2.45) is 5.92 Å². The number of esters is 1. The molecule has 1 unspecified atom stereocenters. The molecule has 0 saturated carbocycles. The number of benzene rings is 2. The normalized spacial score (nSPS) is 11.7. The van der Waals surface area contributed by atoms with E-state index in [2.05, 4.69) is 0 Å². The average molecular weight is 395 g/mol. The van der Waals surface area contributed by atoms with Crippen LogP contribution in [0.25, 0.3) is 11.3 Å². The Hall–Kier alpha value is -3.41. The van der Waals surface area contributed by atoms with Crippen molar-refractivity contribution >= 4 is 11.9 Å². The molecule has 2 aromatic carbocycles. The molecule has 0 aliphatic heterocycles. The molecule has 3 rings (SSSR count). The summed E-state index contributed by atoms with van der Waals surface area (Å²) in [6.45, 7) is 2.23. The highest BCUT2D eigenvalue weighted by molar-refractivity contribution is 5.92. The maximum Gasteiger partial charge on any atom is 0.310 e. The van der Waals surface area contributed by atoms with Crippen LogP contribution in [-0.4, -0.2) is 30.4 Å². The van der Waals surface area contributed by atoms with Gasteiger partial charge in [-0.05, 0) is 42.0 Å². The fraction of sp³-hybridized carbons (Fsp3) is 0.217. The number of carbonyl (C=O) groups excluding carboxylic acids is 2. The minimum atomic E-state index is -0.487. The Bertz CT molecular complexity index is 966. The Morgan fingerprint density at radius 1 is 1.03 bits per heavy atom. The maximum absolute atomic E-state index is 13.1. The standard InChI is InChI=1S/C23H22FNO4/c1-16(23(27)28-2)14-25(15-17-6-4-3-5-7-17)22(26)21-13-12-20(29-21)18-8-10-19(24)11-9-18/h3-13,16H,14-15H2,1-2H3. The highest BCUT2D eigenvalue weighted by atomic mass is 19.1. The molecule has 0 aliphatic rings. The molecule has 29 heavy (non-hydrogen) atoms. The topological polar surface area (TPSA) is 59.8 Å². The van der Waals surface area contributed by atoms with Crippen LogP contribution in [0.15, 0.2) is 71.1 Å². The molecular weight excluding hydrogens is 373 g/mol. The number of methoxy groups -OCH3 is 1. The number of ether oxygens (including phenoxy) is 1. The predicted molar refractivity (Wildman–Crippen MR) is 106 cm³/mol. The fourth-order valence-corrected chi connectivity index (χ4v) is 3.01. The fourth-order valence-electron chi connectivity index (χ4n) is 3.01. The summed E-state index contributed by atoms with van der Waals surface area (Å²) in [5, 5.41) is 0. The maximum atomic E-state index is 13.1. The summed E-state index contributed by atoms with van der Waals surface area (Å²) >= 11 is 0. The number of nitrogens with zero attached hydrogens (tertiary/aromatic N) is 1. The molecule has 0 saturated heterocycles. The van der Waals surface area contributed by atoms with Gasteiger partial charge in [-0.2, -0.15) is 0 Å². The molecule has 150 valence electrons. The second-order valence-corrected chi connectivity index (χ2v) is 6.77. The monoisotopic (exact) mass is 395 g/mol. The summed E-state index contributed by atoms with van der Waals surface area (Å²) in [7, 11) is 1.32.